The number of halogens is 1. The first kappa shape index (κ1) is 17.6. The monoisotopic (exact) mass is 331 g/mol. The molecule has 0 fully saturated rings. The van der Waals surface area contributed by atoms with Crippen LogP contribution in [0.4, 0.5) is 0 Å². The number of aryl methyl sites for hydroxylation is 4. The zero-order valence-corrected chi connectivity index (χ0v) is 14.9. The SMILES string of the molecule is Cc1nc(C)c(CCNCCc2sc(C)nc2C)s1.Cl. The summed E-state index contributed by atoms with van der Waals surface area (Å²) in [7, 11) is 0. The molecule has 0 atom stereocenters. The van der Waals surface area contributed by atoms with E-state index in [1.54, 1.807) is 0 Å². The lowest BCUT2D eigenvalue weighted by Gasteiger charge is -2.03. The van der Waals surface area contributed by atoms with Crippen LogP contribution in [0.25, 0.3) is 0 Å². The Labute approximate surface area is 135 Å². The standard InChI is InChI=1S/C14H21N3S2.ClH/c1-9-13(18-11(3)16-9)5-7-15-8-6-14-10(2)17-12(4)19-14;/h15H,5-8H2,1-4H3;1H. The van der Waals surface area contributed by atoms with Gasteiger partial charge in [0.15, 0.2) is 0 Å². The van der Waals surface area contributed by atoms with E-state index in [0.29, 0.717) is 0 Å². The van der Waals surface area contributed by atoms with E-state index in [9.17, 15) is 0 Å². The van der Waals surface area contributed by atoms with E-state index >= 15 is 0 Å². The van der Waals surface area contributed by atoms with Crippen molar-refractivity contribution in [2.45, 2.75) is 40.5 Å². The molecule has 0 unspecified atom stereocenters. The average Bonchev–Trinajstić information content (AvgIpc) is 2.81. The summed E-state index contributed by atoms with van der Waals surface area (Å²) in [6.45, 7) is 10.4. The quantitative estimate of drug-likeness (QED) is 0.821. The summed E-state index contributed by atoms with van der Waals surface area (Å²) in [5, 5.41) is 5.85. The van der Waals surface area contributed by atoms with Gasteiger partial charge < -0.3 is 5.32 Å². The van der Waals surface area contributed by atoms with E-state index in [-0.39, 0.29) is 12.4 Å². The minimum atomic E-state index is 0. The predicted octanol–water partition coefficient (Wildman–Crippen LogP) is 3.63. The summed E-state index contributed by atoms with van der Waals surface area (Å²) >= 11 is 3.63. The van der Waals surface area contributed by atoms with Crippen molar-refractivity contribution < 1.29 is 0 Å². The number of hydrogen-bond donors (Lipinski definition) is 1. The Balaban J connectivity index is 0.00000200. The van der Waals surface area contributed by atoms with Gasteiger partial charge in [-0.3, -0.25) is 0 Å². The lowest BCUT2D eigenvalue weighted by molar-refractivity contribution is 0.685. The zero-order valence-electron chi connectivity index (χ0n) is 12.4. The number of hydrogen-bond acceptors (Lipinski definition) is 5. The van der Waals surface area contributed by atoms with E-state index in [0.717, 1.165) is 25.9 Å². The lowest BCUT2D eigenvalue weighted by Crippen LogP contribution is -2.20. The van der Waals surface area contributed by atoms with Gasteiger partial charge in [0.1, 0.15) is 0 Å². The van der Waals surface area contributed by atoms with Gasteiger partial charge in [0.25, 0.3) is 0 Å². The number of nitrogens with one attached hydrogen (secondary N) is 1. The highest BCUT2D eigenvalue weighted by atomic mass is 35.5. The van der Waals surface area contributed by atoms with E-state index in [1.807, 2.05) is 22.7 Å². The fourth-order valence-electron chi connectivity index (χ4n) is 2.14. The highest BCUT2D eigenvalue weighted by Crippen LogP contribution is 2.18. The van der Waals surface area contributed by atoms with Crippen LogP contribution in [0.2, 0.25) is 0 Å². The van der Waals surface area contributed by atoms with Gasteiger partial charge in [-0.2, -0.15) is 0 Å². The van der Waals surface area contributed by atoms with Crippen LogP contribution in [0, 0.1) is 27.7 Å². The molecule has 1 N–H and O–H groups in total. The molecule has 0 aliphatic carbocycles. The number of thiazole rings is 2. The van der Waals surface area contributed by atoms with E-state index in [2.05, 4.69) is 43.0 Å². The van der Waals surface area contributed by atoms with Crippen LogP contribution in [0.3, 0.4) is 0 Å². The largest absolute Gasteiger partial charge is 0.316 e. The molecule has 0 spiro atoms. The van der Waals surface area contributed by atoms with Gasteiger partial charge >= 0.3 is 0 Å². The van der Waals surface area contributed by atoms with Gasteiger partial charge in [-0.15, -0.1) is 35.1 Å². The molecule has 0 amide bonds. The van der Waals surface area contributed by atoms with E-state index in [4.69, 9.17) is 0 Å². The van der Waals surface area contributed by atoms with Gasteiger partial charge in [0.2, 0.25) is 0 Å². The van der Waals surface area contributed by atoms with Gasteiger partial charge in [0, 0.05) is 22.8 Å². The topological polar surface area (TPSA) is 37.8 Å². The van der Waals surface area contributed by atoms with Crippen molar-refractivity contribution in [3.8, 4) is 0 Å². The molecule has 0 radical (unpaired) electrons. The third kappa shape index (κ3) is 4.81. The summed E-state index contributed by atoms with van der Waals surface area (Å²) in [6, 6.07) is 0. The molecule has 2 aromatic rings. The first-order valence-electron chi connectivity index (χ1n) is 6.63. The molecule has 6 heteroatoms. The fraction of sp³-hybridized carbons (Fsp3) is 0.571. The van der Waals surface area contributed by atoms with Crippen molar-refractivity contribution in [3.05, 3.63) is 31.2 Å². The molecule has 3 nitrogen and oxygen atoms in total. The Bertz CT molecular complexity index is 500. The third-order valence-corrected chi connectivity index (χ3v) is 5.32. The second-order valence-corrected chi connectivity index (χ2v) is 7.31. The maximum absolute atomic E-state index is 4.46. The predicted molar refractivity (Wildman–Crippen MR) is 90.7 cm³/mol. The van der Waals surface area contributed by atoms with Crippen LogP contribution in [0.1, 0.15) is 31.2 Å². The van der Waals surface area contributed by atoms with Crippen molar-refractivity contribution in [1.29, 1.82) is 0 Å². The van der Waals surface area contributed by atoms with Gasteiger partial charge in [-0.1, -0.05) is 0 Å². The summed E-state index contributed by atoms with van der Waals surface area (Å²) in [5.74, 6) is 0. The van der Waals surface area contributed by atoms with Gasteiger partial charge in [-0.05, 0) is 40.5 Å². The Morgan fingerprint density at radius 1 is 0.800 bits per heavy atom. The molecule has 0 aliphatic rings. The highest BCUT2D eigenvalue weighted by molar-refractivity contribution is 7.11. The Hall–Kier alpha value is -0.490. The molecule has 112 valence electrons. The van der Waals surface area contributed by atoms with Crippen molar-refractivity contribution in [3.63, 3.8) is 0 Å². The molecule has 2 heterocycles. The molecular weight excluding hydrogens is 310 g/mol. The smallest absolute Gasteiger partial charge is 0.0900 e. The zero-order chi connectivity index (χ0) is 13.8. The molecule has 2 rings (SSSR count). The van der Waals surface area contributed by atoms with Crippen LogP contribution < -0.4 is 5.32 Å². The van der Waals surface area contributed by atoms with Crippen molar-refractivity contribution in [2.24, 2.45) is 0 Å². The van der Waals surface area contributed by atoms with Crippen LogP contribution in [0.5, 0.6) is 0 Å². The summed E-state index contributed by atoms with van der Waals surface area (Å²) in [5.41, 5.74) is 2.39. The maximum Gasteiger partial charge on any atom is 0.0900 e. The van der Waals surface area contributed by atoms with Crippen LogP contribution >= 0.6 is 35.1 Å². The van der Waals surface area contributed by atoms with Gasteiger partial charge in [0.05, 0.1) is 21.4 Å². The van der Waals surface area contributed by atoms with Crippen LogP contribution in [-0.2, 0) is 12.8 Å². The molecule has 0 saturated carbocycles. The lowest BCUT2D eigenvalue weighted by atomic mass is 10.3. The highest BCUT2D eigenvalue weighted by Gasteiger charge is 2.05. The second kappa shape index (κ2) is 8.08. The van der Waals surface area contributed by atoms with Crippen LogP contribution in [-0.4, -0.2) is 23.1 Å². The fourth-order valence-corrected chi connectivity index (χ4v) is 4.01. The minimum absolute atomic E-state index is 0. The number of rotatable bonds is 6. The van der Waals surface area contributed by atoms with Crippen molar-refractivity contribution in [2.75, 3.05) is 13.1 Å². The Kier molecular flexibility index (Phi) is 7.09. The molecule has 0 saturated heterocycles. The van der Waals surface area contributed by atoms with Crippen molar-refractivity contribution >= 4 is 35.1 Å². The Morgan fingerprint density at radius 2 is 1.20 bits per heavy atom. The van der Waals surface area contributed by atoms with E-state index in [1.165, 1.54) is 31.2 Å². The third-order valence-electron chi connectivity index (χ3n) is 3.06. The molecule has 20 heavy (non-hydrogen) atoms. The number of nitrogens with zero attached hydrogens (tertiary/aromatic N) is 2. The first-order valence-corrected chi connectivity index (χ1v) is 8.26. The molecular formula is C14H22ClN3S2. The minimum Gasteiger partial charge on any atom is -0.316 e. The summed E-state index contributed by atoms with van der Waals surface area (Å²) < 4.78 is 0. The maximum atomic E-state index is 4.46. The molecule has 2 aromatic heterocycles. The molecule has 0 aromatic carbocycles. The first-order chi connectivity index (χ1) is 9.06. The van der Waals surface area contributed by atoms with Crippen molar-refractivity contribution in [1.82, 2.24) is 15.3 Å². The van der Waals surface area contributed by atoms with Crippen LogP contribution in [0.15, 0.2) is 0 Å². The van der Waals surface area contributed by atoms with Gasteiger partial charge in [-0.25, -0.2) is 9.97 Å². The number of aromatic nitrogens is 2. The average molecular weight is 332 g/mol. The Morgan fingerprint density at radius 3 is 1.50 bits per heavy atom. The summed E-state index contributed by atoms with van der Waals surface area (Å²) in [4.78, 5) is 11.7. The normalized spacial score (nSPS) is 10.6. The molecule has 0 bridgehead atoms. The molecule has 0 aliphatic heterocycles. The summed E-state index contributed by atoms with van der Waals surface area (Å²) in [6.07, 6.45) is 2.16. The second-order valence-electron chi connectivity index (χ2n) is 4.73. The van der Waals surface area contributed by atoms with E-state index < -0.39 is 0 Å².